The fourth-order valence-electron chi connectivity index (χ4n) is 3.67. The average Bonchev–Trinajstić information content (AvgIpc) is 2.78. The Labute approximate surface area is 172 Å². The molecule has 0 fully saturated rings. The van der Waals surface area contributed by atoms with Gasteiger partial charge in [0.1, 0.15) is 0 Å². The van der Waals surface area contributed by atoms with Crippen LogP contribution in [0.1, 0.15) is 24.5 Å². The maximum absolute atomic E-state index is 6.13. The van der Waals surface area contributed by atoms with Crippen LogP contribution in [0.5, 0.6) is 0 Å². The molecular weight excluding hydrogens is 358 g/mol. The number of fused-ring (bicyclic) bond motifs is 1. The highest BCUT2D eigenvalue weighted by Gasteiger charge is 2.26. The van der Waals surface area contributed by atoms with Crippen molar-refractivity contribution < 1.29 is 4.74 Å². The van der Waals surface area contributed by atoms with Gasteiger partial charge in [-0.05, 0) is 53.9 Å². The molecule has 0 amide bonds. The summed E-state index contributed by atoms with van der Waals surface area (Å²) in [5.41, 5.74) is 8.88. The molecule has 4 rings (SSSR count). The van der Waals surface area contributed by atoms with Gasteiger partial charge in [0.05, 0.1) is 18.0 Å². The fraction of sp³-hybridized carbons (Fsp3) is 0.240. The van der Waals surface area contributed by atoms with E-state index in [1.807, 2.05) is 36.5 Å². The van der Waals surface area contributed by atoms with Gasteiger partial charge in [0, 0.05) is 30.9 Å². The van der Waals surface area contributed by atoms with E-state index in [1.54, 1.807) is 0 Å². The number of benzene rings is 3. The summed E-state index contributed by atoms with van der Waals surface area (Å²) in [5, 5.41) is 4.39. The number of nitrogens with zero attached hydrogens (tertiary/aromatic N) is 2. The molecule has 1 aliphatic heterocycles. The molecule has 4 heteroatoms. The monoisotopic (exact) mass is 385 g/mol. The molecule has 0 aliphatic carbocycles. The molecule has 1 heterocycles. The minimum atomic E-state index is 0.192. The van der Waals surface area contributed by atoms with E-state index in [1.165, 1.54) is 16.9 Å². The van der Waals surface area contributed by atoms with Crippen molar-refractivity contribution >= 4 is 23.3 Å². The number of ether oxygens (including phenoxy) is 1. The van der Waals surface area contributed by atoms with Crippen molar-refractivity contribution in [2.24, 2.45) is 5.10 Å². The van der Waals surface area contributed by atoms with Crippen molar-refractivity contribution in [2.75, 3.05) is 23.5 Å². The van der Waals surface area contributed by atoms with Crippen LogP contribution in [0, 0.1) is 0 Å². The van der Waals surface area contributed by atoms with E-state index in [-0.39, 0.29) is 6.10 Å². The standard InChI is InChI=1S/C25H27N3O/c1-2-15-29-24-17-21-16-20(18-26-27-22-9-5-3-6-10-22)13-14-25(21)28(19-24)23-11-7-4-8-12-23/h3-14,16,18,24,27H,2,15,17,19H2,1H3/b26-18+. The second-order valence-electron chi connectivity index (χ2n) is 7.27. The Morgan fingerprint density at radius 1 is 1.03 bits per heavy atom. The van der Waals surface area contributed by atoms with Crippen molar-refractivity contribution in [3.63, 3.8) is 0 Å². The highest BCUT2D eigenvalue weighted by Crippen LogP contribution is 2.34. The maximum atomic E-state index is 6.13. The Balaban J connectivity index is 1.57. The SMILES string of the molecule is CCCOC1Cc2cc(/C=N/Nc3ccccc3)ccc2N(c2ccccc2)C1. The Kier molecular flexibility index (Phi) is 6.22. The third kappa shape index (κ3) is 4.84. The van der Waals surface area contributed by atoms with E-state index in [2.05, 4.69) is 70.9 Å². The first kappa shape index (κ1) is 19.2. The molecule has 0 radical (unpaired) electrons. The Bertz CT molecular complexity index is 941. The van der Waals surface area contributed by atoms with Crippen molar-refractivity contribution in [2.45, 2.75) is 25.9 Å². The molecule has 1 N–H and O–H groups in total. The smallest absolute Gasteiger partial charge is 0.0795 e. The van der Waals surface area contributed by atoms with Gasteiger partial charge in [-0.3, -0.25) is 5.43 Å². The topological polar surface area (TPSA) is 36.9 Å². The minimum Gasteiger partial charge on any atom is -0.376 e. The van der Waals surface area contributed by atoms with E-state index < -0.39 is 0 Å². The molecule has 1 atom stereocenters. The molecule has 3 aromatic carbocycles. The summed E-state index contributed by atoms with van der Waals surface area (Å²) in [6.07, 6.45) is 4.02. The summed E-state index contributed by atoms with van der Waals surface area (Å²) in [5.74, 6) is 0. The highest BCUT2D eigenvalue weighted by molar-refractivity contribution is 5.83. The first-order chi connectivity index (χ1) is 14.3. The number of rotatable bonds is 7. The summed E-state index contributed by atoms with van der Waals surface area (Å²) < 4.78 is 6.13. The van der Waals surface area contributed by atoms with Gasteiger partial charge >= 0.3 is 0 Å². The predicted molar refractivity (Wildman–Crippen MR) is 121 cm³/mol. The number of hydrogen-bond donors (Lipinski definition) is 1. The zero-order valence-corrected chi connectivity index (χ0v) is 16.8. The van der Waals surface area contributed by atoms with Crippen molar-refractivity contribution in [3.8, 4) is 0 Å². The van der Waals surface area contributed by atoms with E-state index in [0.717, 1.165) is 37.2 Å². The quantitative estimate of drug-likeness (QED) is 0.423. The van der Waals surface area contributed by atoms with Crippen molar-refractivity contribution in [3.05, 3.63) is 90.0 Å². The second kappa shape index (κ2) is 9.39. The van der Waals surface area contributed by atoms with Crippen molar-refractivity contribution in [1.29, 1.82) is 0 Å². The normalized spacial score (nSPS) is 16.0. The van der Waals surface area contributed by atoms with Gasteiger partial charge in [0.25, 0.3) is 0 Å². The molecule has 0 spiro atoms. The number of para-hydroxylation sites is 2. The molecule has 29 heavy (non-hydrogen) atoms. The summed E-state index contributed by atoms with van der Waals surface area (Å²) in [6.45, 7) is 3.82. The number of hydrogen-bond acceptors (Lipinski definition) is 4. The van der Waals surface area contributed by atoms with Crippen molar-refractivity contribution in [1.82, 2.24) is 0 Å². The highest BCUT2D eigenvalue weighted by atomic mass is 16.5. The van der Waals surface area contributed by atoms with Gasteiger partial charge in [0.2, 0.25) is 0 Å². The number of hydrazone groups is 1. The maximum Gasteiger partial charge on any atom is 0.0795 e. The number of nitrogens with one attached hydrogen (secondary N) is 1. The first-order valence-electron chi connectivity index (χ1n) is 10.2. The lowest BCUT2D eigenvalue weighted by molar-refractivity contribution is 0.0575. The van der Waals surface area contributed by atoms with E-state index in [9.17, 15) is 0 Å². The molecule has 0 aromatic heterocycles. The van der Waals surface area contributed by atoms with Crippen LogP contribution in [0.15, 0.2) is 84.0 Å². The van der Waals surface area contributed by atoms with Gasteiger partial charge in [-0.2, -0.15) is 5.10 Å². The Morgan fingerprint density at radius 3 is 2.55 bits per heavy atom. The van der Waals surface area contributed by atoms with Gasteiger partial charge in [-0.1, -0.05) is 49.4 Å². The zero-order valence-electron chi connectivity index (χ0n) is 16.8. The Morgan fingerprint density at radius 2 is 1.79 bits per heavy atom. The predicted octanol–water partition coefficient (Wildman–Crippen LogP) is 5.62. The average molecular weight is 386 g/mol. The van der Waals surface area contributed by atoms with Gasteiger partial charge in [-0.15, -0.1) is 0 Å². The second-order valence-corrected chi connectivity index (χ2v) is 7.27. The largest absolute Gasteiger partial charge is 0.376 e. The summed E-state index contributed by atoms with van der Waals surface area (Å²) >= 11 is 0. The Hall–Kier alpha value is -3.11. The molecule has 148 valence electrons. The molecule has 1 unspecified atom stereocenters. The molecule has 0 bridgehead atoms. The molecule has 1 aliphatic rings. The zero-order chi connectivity index (χ0) is 19.9. The minimum absolute atomic E-state index is 0.192. The van der Waals surface area contributed by atoms with Crippen LogP contribution in [0.25, 0.3) is 0 Å². The van der Waals surface area contributed by atoms with Gasteiger partial charge in [0.15, 0.2) is 0 Å². The third-order valence-electron chi connectivity index (χ3n) is 5.03. The first-order valence-corrected chi connectivity index (χ1v) is 10.2. The number of anilines is 3. The molecule has 0 saturated carbocycles. The summed E-state index contributed by atoms with van der Waals surface area (Å²) in [7, 11) is 0. The van der Waals surface area contributed by atoms with Crippen LogP contribution in [0.3, 0.4) is 0 Å². The van der Waals surface area contributed by atoms with E-state index >= 15 is 0 Å². The lowest BCUT2D eigenvalue weighted by Gasteiger charge is -2.36. The molecule has 4 nitrogen and oxygen atoms in total. The van der Waals surface area contributed by atoms with Crippen LogP contribution in [0.4, 0.5) is 17.1 Å². The molecule has 0 saturated heterocycles. The van der Waals surface area contributed by atoms with Crippen LogP contribution in [0.2, 0.25) is 0 Å². The van der Waals surface area contributed by atoms with Gasteiger partial charge < -0.3 is 9.64 Å². The lowest BCUT2D eigenvalue weighted by atomic mass is 9.97. The van der Waals surface area contributed by atoms with Gasteiger partial charge in [-0.25, -0.2) is 0 Å². The third-order valence-corrected chi connectivity index (χ3v) is 5.03. The lowest BCUT2D eigenvalue weighted by Crippen LogP contribution is -2.37. The van der Waals surface area contributed by atoms with E-state index in [0.29, 0.717) is 0 Å². The summed E-state index contributed by atoms with van der Waals surface area (Å²) in [6, 6.07) is 27.1. The molecule has 3 aromatic rings. The summed E-state index contributed by atoms with van der Waals surface area (Å²) in [4.78, 5) is 2.36. The van der Waals surface area contributed by atoms with Crippen LogP contribution in [-0.4, -0.2) is 25.5 Å². The van der Waals surface area contributed by atoms with Crippen LogP contribution in [-0.2, 0) is 11.2 Å². The van der Waals surface area contributed by atoms with E-state index in [4.69, 9.17) is 4.74 Å². The fourth-order valence-corrected chi connectivity index (χ4v) is 3.67. The van der Waals surface area contributed by atoms with Crippen LogP contribution >= 0.6 is 0 Å². The van der Waals surface area contributed by atoms with Crippen LogP contribution < -0.4 is 10.3 Å². The molecular formula is C25H27N3O.